The van der Waals surface area contributed by atoms with Crippen molar-refractivity contribution in [2.24, 2.45) is 0 Å². The van der Waals surface area contributed by atoms with E-state index in [1.807, 2.05) is 23.1 Å². The predicted molar refractivity (Wildman–Crippen MR) is 103 cm³/mol. The minimum Gasteiger partial charge on any atom is -0.342 e. The van der Waals surface area contributed by atoms with Crippen molar-refractivity contribution in [3.05, 3.63) is 71.9 Å². The average molecular weight is 379 g/mol. The Labute approximate surface area is 163 Å². The molecule has 1 saturated heterocycles. The van der Waals surface area contributed by atoms with Crippen molar-refractivity contribution in [3.8, 4) is 11.4 Å². The molecule has 144 valence electrons. The zero-order chi connectivity index (χ0) is 19.3. The van der Waals surface area contributed by atoms with E-state index in [1.165, 1.54) is 17.7 Å². The van der Waals surface area contributed by atoms with E-state index in [4.69, 9.17) is 4.52 Å². The summed E-state index contributed by atoms with van der Waals surface area (Å²) >= 11 is 0. The van der Waals surface area contributed by atoms with Crippen LogP contribution in [-0.2, 0) is 11.2 Å². The normalized spacial score (nSPS) is 16.5. The van der Waals surface area contributed by atoms with E-state index in [2.05, 4.69) is 22.3 Å². The maximum absolute atomic E-state index is 13.0. The third kappa shape index (κ3) is 4.27. The molecular weight excluding hydrogens is 357 g/mol. The Morgan fingerprint density at radius 2 is 1.93 bits per heavy atom. The Bertz CT molecular complexity index is 924. The van der Waals surface area contributed by atoms with Crippen molar-refractivity contribution in [1.82, 2.24) is 15.0 Å². The van der Waals surface area contributed by atoms with Gasteiger partial charge < -0.3 is 9.42 Å². The summed E-state index contributed by atoms with van der Waals surface area (Å²) in [5.41, 5.74) is 2.01. The molecule has 2 heterocycles. The lowest BCUT2D eigenvalue weighted by Gasteiger charge is -2.16. The number of likely N-dealkylation sites (tertiary alicyclic amines) is 1. The molecule has 28 heavy (non-hydrogen) atoms. The summed E-state index contributed by atoms with van der Waals surface area (Å²) in [5, 5.41) is 3.93. The average Bonchev–Trinajstić information content (AvgIpc) is 3.39. The van der Waals surface area contributed by atoms with Gasteiger partial charge in [-0.1, -0.05) is 35.5 Å². The second-order valence-electron chi connectivity index (χ2n) is 7.11. The third-order valence-corrected chi connectivity index (χ3v) is 5.16. The molecule has 5 nitrogen and oxygen atoms in total. The summed E-state index contributed by atoms with van der Waals surface area (Å²) in [6.45, 7) is 1.60. The van der Waals surface area contributed by atoms with Gasteiger partial charge >= 0.3 is 0 Å². The van der Waals surface area contributed by atoms with Crippen molar-refractivity contribution in [3.63, 3.8) is 0 Å². The van der Waals surface area contributed by atoms with E-state index < -0.39 is 0 Å². The summed E-state index contributed by atoms with van der Waals surface area (Å²) in [7, 11) is 0. The Kier molecular flexibility index (Phi) is 5.46. The van der Waals surface area contributed by atoms with Gasteiger partial charge in [-0.05, 0) is 42.7 Å². The van der Waals surface area contributed by atoms with Crippen LogP contribution in [0.15, 0.2) is 59.1 Å². The molecule has 1 fully saturated rings. The van der Waals surface area contributed by atoms with Crippen LogP contribution in [0.3, 0.4) is 0 Å². The fourth-order valence-corrected chi connectivity index (χ4v) is 3.61. The van der Waals surface area contributed by atoms with Crippen molar-refractivity contribution in [2.45, 2.75) is 31.6 Å². The van der Waals surface area contributed by atoms with Crippen LogP contribution in [0.25, 0.3) is 11.4 Å². The monoisotopic (exact) mass is 379 g/mol. The smallest absolute Gasteiger partial charge is 0.226 e. The maximum atomic E-state index is 13.0. The van der Waals surface area contributed by atoms with Gasteiger partial charge in [-0.3, -0.25) is 4.79 Å². The topological polar surface area (TPSA) is 59.2 Å². The quantitative estimate of drug-likeness (QED) is 0.644. The Morgan fingerprint density at radius 1 is 1.14 bits per heavy atom. The van der Waals surface area contributed by atoms with Gasteiger partial charge in [0.15, 0.2) is 0 Å². The van der Waals surface area contributed by atoms with Gasteiger partial charge in [0.05, 0.1) is 0 Å². The molecule has 0 unspecified atom stereocenters. The Hall–Kier alpha value is -3.02. The molecule has 1 aliphatic heterocycles. The molecule has 0 bridgehead atoms. The summed E-state index contributed by atoms with van der Waals surface area (Å²) in [5.74, 6) is 1.24. The van der Waals surface area contributed by atoms with E-state index in [-0.39, 0.29) is 11.7 Å². The largest absolute Gasteiger partial charge is 0.342 e. The van der Waals surface area contributed by atoms with Crippen molar-refractivity contribution < 1.29 is 13.7 Å². The minimum absolute atomic E-state index is 0.178. The first-order chi connectivity index (χ1) is 13.7. The van der Waals surface area contributed by atoms with Crippen molar-refractivity contribution in [1.29, 1.82) is 0 Å². The van der Waals surface area contributed by atoms with E-state index in [0.717, 1.165) is 19.5 Å². The van der Waals surface area contributed by atoms with Crippen LogP contribution in [-0.4, -0.2) is 34.0 Å². The van der Waals surface area contributed by atoms with Gasteiger partial charge in [0, 0.05) is 37.4 Å². The number of carbonyl (C=O) groups excluding carboxylic acids is 1. The molecule has 4 rings (SSSR count). The highest BCUT2D eigenvalue weighted by Gasteiger charge is 2.26. The summed E-state index contributed by atoms with van der Waals surface area (Å²) < 4.78 is 18.3. The fraction of sp³-hybridized carbons (Fsp3) is 0.318. The van der Waals surface area contributed by atoms with E-state index in [9.17, 15) is 9.18 Å². The third-order valence-electron chi connectivity index (χ3n) is 5.16. The first-order valence-electron chi connectivity index (χ1n) is 9.60. The number of amides is 1. The van der Waals surface area contributed by atoms with E-state index >= 15 is 0 Å². The number of aryl methyl sites for hydroxylation is 1. The SMILES string of the molecule is O=C(CCCc1nc(-c2ccc(F)cc2)no1)N1CC[C@H](c2ccccc2)C1. The fourth-order valence-electron chi connectivity index (χ4n) is 3.61. The van der Waals surface area contributed by atoms with Crippen LogP contribution in [0.1, 0.15) is 36.6 Å². The van der Waals surface area contributed by atoms with Crippen LogP contribution in [0.2, 0.25) is 0 Å². The van der Waals surface area contributed by atoms with Crippen LogP contribution < -0.4 is 0 Å². The standard InChI is InChI=1S/C22H22FN3O2/c23-19-11-9-17(10-12-19)22-24-20(28-25-22)7-4-8-21(27)26-14-13-18(15-26)16-5-2-1-3-6-16/h1-3,5-6,9-12,18H,4,7-8,13-15H2/t18-/m0/s1. The highest BCUT2D eigenvalue weighted by Crippen LogP contribution is 2.27. The van der Waals surface area contributed by atoms with Crippen LogP contribution in [0.5, 0.6) is 0 Å². The number of hydrogen-bond acceptors (Lipinski definition) is 4. The molecule has 0 radical (unpaired) electrons. The number of aromatic nitrogens is 2. The molecule has 1 aliphatic rings. The van der Waals surface area contributed by atoms with Crippen LogP contribution >= 0.6 is 0 Å². The zero-order valence-electron chi connectivity index (χ0n) is 15.6. The molecule has 1 amide bonds. The summed E-state index contributed by atoms with van der Waals surface area (Å²) in [6, 6.07) is 16.3. The molecule has 2 aromatic carbocycles. The number of carbonyl (C=O) groups is 1. The van der Waals surface area contributed by atoms with Crippen LogP contribution in [0, 0.1) is 5.82 Å². The second kappa shape index (κ2) is 8.33. The lowest BCUT2D eigenvalue weighted by atomic mass is 9.99. The first-order valence-corrected chi connectivity index (χ1v) is 9.60. The zero-order valence-corrected chi connectivity index (χ0v) is 15.6. The highest BCUT2D eigenvalue weighted by molar-refractivity contribution is 5.76. The number of benzene rings is 2. The van der Waals surface area contributed by atoms with Gasteiger partial charge in [-0.2, -0.15) is 4.98 Å². The lowest BCUT2D eigenvalue weighted by Crippen LogP contribution is -2.28. The number of halogens is 1. The molecule has 0 N–H and O–H groups in total. The van der Waals surface area contributed by atoms with Gasteiger partial charge in [0.2, 0.25) is 17.6 Å². The summed E-state index contributed by atoms with van der Waals surface area (Å²) in [6.07, 6.45) is 2.70. The first kappa shape index (κ1) is 18.3. The predicted octanol–water partition coefficient (Wildman–Crippen LogP) is 4.21. The minimum atomic E-state index is -0.303. The molecule has 1 aromatic heterocycles. The Morgan fingerprint density at radius 3 is 2.71 bits per heavy atom. The maximum Gasteiger partial charge on any atom is 0.226 e. The summed E-state index contributed by atoms with van der Waals surface area (Å²) in [4.78, 5) is 18.8. The van der Waals surface area contributed by atoms with Gasteiger partial charge in [0.1, 0.15) is 5.82 Å². The van der Waals surface area contributed by atoms with Gasteiger partial charge in [-0.25, -0.2) is 4.39 Å². The van der Waals surface area contributed by atoms with E-state index in [0.29, 0.717) is 42.5 Å². The number of hydrogen-bond donors (Lipinski definition) is 0. The van der Waals surface area contributed by atoms with Crippen molar-refractivity contribution in [2.75, 3.05) is 13.1 Å². The second-order valence-corrected chi connectivity index (χ2v) is 7.11. The lowest BCUT2D eigenvalue weighted by molar-refractivity contribution is -0.130. The number of nitrogens with zero attached hydrogens (tertiary/aromatic N) is 3. The van der Waals surface area contributed by atoms with E-state index in [1.54, 1.807) is 12.1 Å². The molecule has 1 atom stereocenters. The highest BCUT2D eigenvalue weighted by atomic mass is 19.1. The molecule has 3 aromatic rings. The molecule has 0 aliphatic carbocycles. The van der Waals surface area contributed by atoms with Gasteiger partial charge in [-0.15, -0.1) is 0 Å². The molecular formula is C22H22FN3O2. The molecule has 0 saturated carbocycles. The van der Waals surface area contributed by atoms with Crippen LogP contribution in [0.4, 0.5) is 4.39 Å². The van der Waals surface area contributed by atoms with Gasteiger partial charge in [0.25, 0.3) is 0 Å². The molecule has 0 spiro atoms. The Balaban J connectivity index is 1.25. The number of rotatable bonds is 6. The molecule has 6 heteroatoms. The van der Waals surface area contributed by atoms with Crippen molar-refractivity contribution >= 4 is 5.91 Å².